The summed E-state index contributed by atoms with van der Waals surface area (Å²) in [4.78, 5) is 24.1. The first kappa shape index (κ1) is 21.1. The standard InChI is InChI=1S/C25H26N6O2/c1-15-10-16(2)12-21(11-15)25(32)31-9-5-8-20(14-31)24-27-23(30-33-24)19-7-4-6-18(13-19)22-26-17(3)28-29-22/h4,6-7,10-13,20H,5,8-9,14H2,1-3H3,(H,26,28,29). The van der Waals surface area contributed by atoms with Crippen molar-refractivity contribution < 1.29 is 9.32 Å². The molecule has 0 bridgehead atoms. The molecule has 1 aliphatic heterocycles. The zero-order valence-electron chi connectivity index (χ0n) is 19.0. The summed E-state index contributed by atoms with van der Waals surface area (Å²) in [6.07, 6.45) is 1.81. The maximum absolute atomic E-state index is 13.1. The van der Waals surface area contributed by atoms with E-state index < -0.39 is 0 Å². The molecule has 2 aromatic carbocycles. The Labute approximate surface area is 192 Å². The predicted molar refractivity (Wildman–Crippen MR) is 124 cm³/mol. The van der Waals surface area contributed by atoms with Crippen LogP contribution in [0.1, 0.15) is 52.0 Å². The smallest absolute Gasteiger partial charge is 0.253 e. The lowest BCUT2D eigenvalue weighted by molar-refractivity contribution is 0.0695. The molecular formula is C25H26N6O2. The lowest BCUT2D eigenvalue weighted by atomic mass is 9.96. The quantitative estimate of drug-likeness (QED) is 0.501. The van der Waals surface area contributed by atoms with Crippen LogP contribution in [0.4, 0.5) is 0 Å². The van der Waals surface area contributed by atoms with Crippen molar-refractivity contribution in [2.45, 2.75) is 39.5 Å². The van der Waals surface area contributed by atoms with Gasteiger partial charge in [-0.25, -0.2) is 4.98 Å². The molecule has 3 heterocycles. The molecule has 1 saturated heterocycles. The molecule has 1 amide bonds. The third-order valence-corrected chi connectivity index (χ3v) is 5.94. The number of likely N-dealkylation sites (tertiary alicyclic amines) is 1. The number of piperidine rings is 1. The number of amides is 1. The van der Waals surface area contributed by atoms with Gasteiger partial charge in [-0.1, -0.05) is 40.5 Å². The Balaban J connectivity index is 1.34. The van der Waals surface area contributed by atoms with E-state index in [1.807, 2.05) is 62.1 Å². The third kappa shape index (κ3) is 4.41. The molecule has 168 valence electrons. The molecule has 0 radical (unpaired) electrons. The molecule has 1 unspecified atom stereocenters. The van der Waals surface area contributed by atoms with Crippen LogP contribution in [0.2, 0.25) is 0 Å². The highest BCUT2D eigenvalue weighted by Gasteiger charge is 2.29. The van der Waals surface area contributed by atoms with Crippen LogP contribution < -0.4 is 0 Å². The molecule has 8 heteroatoms. The van der Waals surface area contributed by atoms with Gasteiger partial charge in [-0.15, -0.1) is 0 Å². The number of hydrogen-bond donors (Lipinski definition) is 1. The van der Waals surface area contributed by atoms with Gasteiger partial charge in [-0.3, -0.25) is 9.89 Å². The first-order valence-electron chi connectivity index (χ1n) is 11.2. The highest BCUT2D eigenvalue weighted by Crippen LogP contribution is 2.29. The van der Waals surface area contributed by atoms with E-state index in [-0.39, 0.29) is 11.8 Å². The monoisotopic (exact) mass is 442 g/mol. The van der Waals surface area contributed by atoms with Crippen LogP contribution >= 0.6 is 0 Å². The Morgan fingerprint density at radius 3 is 2.52 bits per heavy atom. The average molecular weight is 443 g/mol. The van der Waals surface area contributed by atoms with Gasteiger partial charge in [0.15, 0.2) is 5.82 Å². The zero-order valence-corrected chi connectivity index (χ0v) is 19.0. The van der Waals surface area contributed by atoms with Crippen LogP contribution in [0.3, 0.4) is 0 Å². The van der Waals surface area contributed by atoms with Gasteiger partial charge in [0.2, 0.25) is 11.7 Å². The van der Waals surface area contributed by atoms with Crippen LogP contribution in [0.25, 0.3) is 22.8 Å². The fourth-order valence-electron chi connectivity index (χ4n) is 4.43. The van der Waals surface area contributed by atoms with E-state index in [1.54, 1.807) is 0 Å². The second-order valence-electron chi connectivity index (χ2n) is 8.75. The van der Waals surface area contributed by atoms with Gasteiger partial charge in [0.25, 0.3) is 5.91 Å². The SMILES string of the molecule is Cc1cc(C)cc(C(=O)N2CCCC(c3nc(-c4cccc(-c5n[nH]c(C)n5)c4)no3)C2)c1. The molecule has 4 aromatic rings. The second-order valence-corrected chi connectivity index (χ2v) is 8.75. The summed E-state index contributed by atoms with van der Waals surface area (Å²) >= 11 is 0. The summed E-state index contributed by atoms with van der Waals surface area (Å²) < 4.78 is 5.64. The minimum absolute atomic E-state index is 0.0219. The molecular weight excluding hydrogens is 416 g/mol. The van der Waals surface area contributed by atoms with E-state index in [1.165, 1.54) is 0 Å². The Morgan fingerprint density at radius 2 is 1.79 bits per heavy atom. The largest absolute Gasteiger partial charge is 0.339 e. The molecule has 0 spiro atoms. The number of rotatable bonds is 4. The van der Waals surface area contributed by atoms with Gasteiger partial charge in [-0.2, -0.15) is 10.1 Å². The van der Waals surface area contributed by atoms with Crippen LogP contribution in [0, 0.1) is 20.8 Å². The molecule has 5 rings (SSSR count). The van der Waals surface area contributed by atoms with Gasteiger partial charge in [0.05, 0.1) is 5.92 Å². The lowest BCUT2D eigenvalue weighted by Crippen LogP contribution is -2.39. The maximum atomic E-state index is 13.1. The van der Waals surface area contributed by atoms with Crippen molar-refractivity contribution in [2.75, 3.05) is 13.1 Å². The van der Waals surface area contributed by atoms with E-state index in [4.69, 9.17) is 4.52 Å². The van der Waals surface area contributed by atoms with Crippen molar-refractivity contribution in [3.63, 3.8) is 0 Å². The number of aryl methyl sites for hydroxylation is 3. The number of nitrogens with zero attached hydrogens (tertiary/aromatic N) is 5. The first-order valence-corrected chi connectivity index (χ1v) is 11.2. The molecule has 1 fully saturated rings. The summed E-state index contributed by atoms with van der Waals surface area (Å²) in [5.74, 6) is 2.56. The van der Waals surface area contributed by atoms with Gasteiger partial charge in [0, 0.05) is 29.8 Å². The highest BCUT2D eigenvalue weighted by atomic mass is 16.5. The number of H-pyrrole nitrogens is 1. The number of nitrogens with one attached hydrogen (secondary N) is 1. The van der Waals surface area contributed by atoms with Crippen LogP contribution in [-0.4, -0.2) is 49.2 Å². The van der Waals surface area contributed by atoms with Crippen LogP contribution in [0.5, 0.6) is 0 Å². The zero-order chi connectivity index (χ0) is 22.9. The number of hydrogen-bond acceptors (Lipinski definition) is 6. The predicted octanol–water partition coefficient (Wildman–Crippen LogP) is 4.47. The second kappa shape index (κ2) is 8.61. The summed E-state index contributed by atoms with van der Waals surface area (Å²) in [7, 11) is 0. The molecule has 1 N–H and O–H groups in total. The maximum Gasteiger partial charge on any atom is 0.253 e. The van der Waals surface area contributed by atoms with E-state index in [2.05, 4.69) is 31.4 Å². The summed E-state index contributed by atoms with van der Waals surface area (Å²) in [5.41, 5.74) is 4.64. The minimum atomic E-state index is 0.0219. The average Bonchev–Trinajstić information content (AvgIpc) is 3.48. The molecule has 1 atom stereocenters. The van der Waals surface area contributed by atoms with Gasteiger partial charge in [-0.05, 0) is 51.8 Å². The summed E-state index contributed by atoms with van der Waals surface area (Å²) in [5, 5.41) is 11.3. The highest BCUT2D eigenvalue weighted by molar-refractivity contribution is 5.94. The summed E-state index contributed by atoms with van der Waals surface area (Å²) in [6, 6.07) is 13.7. The number of carbonyl (C=O) groups is 1. The molecule has 1 aliphatic rings. The Bertz CT molecular complexity index is 1290. The van der Waals surface area contributed by atoms with Crippen LogP contribution in [-0.2, 0) is 0 Å². The number of aromatic nitrogens is 5. The Morgan fingerprint density at radius 1 is 1.03 bits per heavy atom. The molecule has 33 heavy (non-hydrogen) atoms. The number of benzene rings is 2. The van der Waals surface area contributed by atoms with Crippen molar-refractivity contribution in [3.8, 4) is 22.8 Å². The van der Waals surface area contributed by atoms with Gasteiger partial charge < -0.3 is 9.42 Å². The normalized spacial score (nSPS) is 16.2. The van der Waals surface area contributed by atoms with Crippen LogP contribution in [0.15, 0.2) is 47.0 Å². The Hall–Kier alpha value is -3.81. The fourth-order valence-corrected chi connectivity index (χ4v) is 4.43. The van der Waals surface area contributed by atoms with E-state index >= 15 is 0 Å². The molecule has 8 nitrogen and oxygen atoms in total. The van der Waals surface area contributed by atoms with Crippen molar-refractivity contribution in [1.82, 2.24) is 30.2 Å². The summed E-state index contributed by atoms with van der Waals surface area (Å²) in [6.45, 7) is 7.21. The first-order chi connectivity index (χ1) is 16.0. The molecule has 0 aliphatic carbocycles. The van der Waals surface area contributed by atoms with Gasteiger partial charge >= 0.3 is 0 Å². The van der Waals surface area contributed by atoms with Crippen molar-refractivity contribution in [3.05, 3.63) is 70.9 Å². The van der Waals surface area contributed by atoms with E-state index in [0.29, 0.717) is 24.1 Å². The van der Waals surface area contributed by atoms with Gasteiger partial charge in [0.1, 0.15) is 5.82 Å². The lowest BCUT2D eigenvalue weighted by Gasteiger charge is -2.31. The number of aromatic amines is 1. The van der Waals surface area contributed by atoms with Crippen molar-refractivity contribution in [1.29, 1.82) is 0 Å². The minimum Gasteiger partial charge on any atom is -0.339 e. The van der Waals surface area contributed by atoms with E-state index in [9.17, 15) is 4.79 Å². The van der Waals surface area contributed by atoms with Crippen molar-refractivity contribution >= 4 is 5.91 Å². The molecule has 2 aromatic heterocycles. The molecule has 0 saturated carbocycles. The topological polar surface area (TPSA) is 101 Å². The number of carbonyl (C=O) groups excluding carboxylic acids is 1. The van der Waals surface area contributed by atoms with E-state index in [0.717, 1.165) is 53.0 Å². The van der Waals surface area contributed by atoms with Crippen molar-refractivity contribution in [2.24, 2.45) is 0 Å². The Kier molecular flexibility index (Phi) is 5.50. The third-order valence-electron chi connectivity index (χ3n) is 5.94. The fraction of sp³-hybridized carbons (Fsp3) is 0.320.